The highest BCUT2D eigenvalue weighted by Gasteiger charge is 2.35. The molecule has 3 amide bonds. The van der Waals surface area contributed by atoms with E-state index in [9.17, 15) is 14.4 Å². The van der Waals surface area contributed by atoms with E-state index in [1.54, 1.807) is 54.6 Å². The molecule has 3 aromatic carbocycles. The Balaban J connectivity index is 1.50. The second-order valence-corrected chi connectivity index (χ2v) is 7.75. The summed E-state index contributed by atoms with van der Waals surface area (Å²) in [6.07, 6.45) is 1.54. The quantitative estimate of drug-likeness (QED) is 0.376. The van der Waals surface area contributed by atoms with E-state index in [1.165, 1.54) is 25.3 Å². The summed E-state index contributed by atoms with van der Waals surface area (Å²) in [6.45, 7) is 0.208. The number of aromatic carboxylic acids is 1. The second kappa shape index (κ2) is 9.68. The maximum atomic E-state index is 12.8. The third-order valence-corrected chi connectivity index (χ3v) is 5.27. The van der Waals surface area contributed by atoms with Crippen LogP contribution in [-0.2, 0) is 11.4 Å². The molecule has 8 nitrogen and oxygen atoms in total. The Morgan fingerprint density at radius 3 is 2.50 bits per heavy atom. The number of amides is 3. The number of imide groups is 1. The van der Waals surface area contributed by atoms with Gasteiger partial charge in [-0.05, 0) is 59.7 Å². The predicted octanol–water partition coefficient (Wildman–Crippen LogP) is 4.72. The Morgan fingerprint density at radius 2 is 1.82 bits per heavy atom. The second-order valence-electron chi connectivity index (χ2n) is 7.31. The van der Waals surface area contributed by atoms with Crippen LogP contribution >= 0.6 is 11.6 Å². The molecule has 4 rings (SSSR count). The van der Waals surface area contributed by atoms with Crippen molar-refractivity contribution < 1.29 is 29.0 Å². The van der Waals surface area contributed by atoms with Crippen LogP contribution in [0.4, 0.5) is 10.5 Å². The smallest absolute Gasteiger partial charge is 0.335 e. The lowest BCUT2D eigenvalue weighted by Crippen LogP contribution is -2.30. The average Bonchev–Trinajstić information content (AvgIpc) is 3.10. The van der Waals surface area contributed by atoms with Gasteiger partial charge >= 0.3 is 12.0 Å². The fourth-order valence-corrected chi connectivity index (χ4v) is 3.53. The van der Waals surface area contributed by atoms with E-state index in [2.05, 4.69) is 5.32 Å². The number of hydrogen-bond donors (Lipinski definition) is 2. The molecule has 1 saturated heterocycles. The van der Waals surface area contributed by atoms with Gasteiger partial charge in [0.2, 0.25) is 0 Å². The fourth-order valence-electron chi connectivity index (χ4n) is 3.35. The van der Waals surface area contributed by atoms with E-state index in [-0.39, 0.29) is 17.9 Å². The van der Waals surface area contributed by atoms with Crippen LogP contribution in [0.3, 0.4) is 0 Å². The van der Waals surface area contributed by atoms with Gasteiger partial charge in [0, 0.05) is 5.02 Å². The van der Waals surface area contributed by atoms with Crippen molar-refractivity contribution >= 4 is 41.3 Å². The Kier molecular flexibility index (Phi) is 6.51. The van der Waals surface area contributed by atoms with E-state index >= 15 is 0 Å². The van der Waals surface area contributed by atoms with Crippen molar-refractivity contribution in [2.45, 2.75) is 6.61 Å². The number of anilines is 1. The molecule has 3 aromatic rings. The molecule has 0 bridgehead atoms. The average molecular weight is 479 g/mol. The van der Waals surface area contributed by atoms with Gasteiger partial charge in [0.15, 0.2) is 11.5 Å². The van der Waals surface area contributed by atoms with E-state index < -0.39 is 17.9 Å². The summed E-state index contributed by atoms with van der Waals surface area (Å²) >= 11 is 5.98. The molecule has 0 atom stereocenters. The van der Waals surface area contributed by atoms with Crippen LogP contribution < -0.4 is 19.7 Å². The van der Waals surface area contributed by atoms with Gasteiger partial charge in [-0.25, -0.2) is 14.5 Å². The summed E-state index contributed by atoms with van der Waals surface area (Å²) in [7, 11) is 1.49. The zero-order valence-corrected chi connectivity index (χ0v) is 18.7. The monoisotopic (exact) mass is 478 g/mol. The number of methoxy groups -OCH3 is 1. The minimum atomic E-state index is -0.994. The number of nitrogens with one attached hydrogen (secondary N) is 1. The zero-order valence-electron chi connectivity index (χ0n) is 17.9. The van der Waals surface area contributed by atoms with Crippen molar-refractivity contribution in [1.82, 2.24) is 5.32 Å². The number of urea groups is 1. The van der Waals surface area contributed by atoms with Crippen LogP contribution in [0.5, 0.6) is 11.5 Å². The van der Waals surface area contributed by atoms with Crippen LogP contribution in [-0.4, -0.2) is 30.1 Å². The zero-order chi connectivity index (χ0) is 24.2. The predicted molar refractivity (Wildman–Crippen MR) is 126 cm³/mol. The van der Waals surface area contributed by atoms with Gasteiger partial charge in [-0.3, -0.25) is 4.79 Å². The highest BCUT2D eigenvalue weighted by molar-refractivity contribution is 6.32. The number of carboxylic acids is 1. The third kappa shape index (κ3) is 4.87. The van der Waals surface area contributed by atoms with Crippen molar-refractivity contribution in [3.05, 3.63) is 94.1 Å². The molecule has 0 radical (unpaired) electrons. The standard InChI is InChI=1S/C25H19ClN2O6/c1-33-22-12-16(7-10-21(22)34-14-15-5-8-17(9-6-15)24(30)31)11-20-23(29)28(25(32)27-20)19-4-2-3-18(26)13-19/h2-13H,14H2,1H3,(H,27,32)(H,30,31)/b20-11-. The summed E-state index contributed by atoms with van der Waals surface area (Å²) in [4.78, 5) is 37.2. The van der Waals surface area contributed by atoms with Crippen molar-refractivity contribution in [3.63, 3.8) is 0 Å². The lowest BCUT2D eigenvalue weighted by atomic mass is 10.1. The highest BCUT2D eigenvalue weighted by Crippen LogP contribution is 2.31. The largest absolute Gasteiger partial charge is 0.493 e. The van der Waals surface area contributed by atoms with E-state index in [0.29, 0.717) is 27.8 Å². The first kappa shape index (κ1) is 22.9. The summed E-state index contributed by atoms with van der Waals surface area (Å²) < 4.78 is 11.2. The maximum Gasteiger partial charge on any atom is 0.335 e. The number of carbonyl (C=O) groups is 3. The highest BCUT2D eigenvalue weighted by atomic mass is 35.5. The Hall–Kier alpha value is -4.30. The van der Waals surface area contributed by atoms with Gasteiger partial charge in [0.25, 0.3) is 5.91 Å². The number of nitrogens with zero attached hydrogens (tertiary/aromatic N) is 1. The van der Waals surface area contributed by atoms with Crippen molar-refractivity contribution in [1.29, 1.82) is 0 Å². The molecule has 172 valence electrons. The van der Waals surface area contributed by atoms with Gasteiger partial charge in [-0.15, -0.1) is 0 Å². The molecule has 0 aromatic heterocycles. The molecule has 1 fully saturated rings. The number of ether oxygens (including phenoxy) is 2. The minimum absolute atomic E-state index is 0.110. The van der Waals surface area contributed by atoms with Gasteiger partial charge in [-0.2, -0.15) is 0 Å². The molecular weight excluding hydrogens is 460 g/mol. The van der Waals surface area contributed by atoms with Crippen molar-refractivity contribution in [3.8, 4) is 11.5 Å². The van der Waals surface area contributed by atoms with Crippen LogP contribution in [0.15, 0.2) is 72.4 Å². The molecule has 2 N–H and O–H groups in total. The van der Waals surface area contributed by atoms with Crippen LogP contribution in [0, 0.1) is 0 Å². The molecule has 34 heavy (non-hydrogen) atoms. The number of carboxylic acid groups (broad SMARTS) is 1. The van der Waals surface area contributed by atoms with E-state index in [0.717, 1.165) is 10.5 Å². The van der Waals surface area contributed by atoms with Crippen molar-refractivity contribution in [2.24, 2.45) is 0 Å². The molecule has 0 saturated carbocycles. The number of rotatable bonds is 7. The topological polar surface area (TPSA) is 105 Å². The van der Waals surface area contributed by atoms with E-state index in [1.807, 2.05) is 0 Å². The lowest BCUT2D eigenvalue weighted by molar-refractivity contribution is -0.113. The van der Waals surface area contributed by atoms with E-state index in [4.69, 9.17) is 26.2 Å². The first-order chi connectivity index (χ1) is 16.4. The molecular formula is C25H19ClN2O6. The molecule has 0 aliphatic carbocycles. The van der Waals surface area contributed by atoms with Crippen LogP contribution in [0.2, 0.25) is 5.02 Å². The Bertz CT molecular complexity index is 1300. The summed E-state index contributed by atoms with van der Waals surface area (Å²) in [5.74, 6) is -0.600. The summed E-state index contributed by atoms with van der Waals surface area (Å²) in [5.41, 5.74) is 2.08. The first-order valence-electron chi connectivity index (χ1n) is 10.1. The molecule has 0 spiro atoms. The molecule has 1 aliphatic heterocycles. The molecule has 1 aliphatic rings. The maximum absolute atomic E-state index is 12.8. The van der Waals surface area contributed by atoms with Gasteiger partial charge in [0.1, 0.15) is 12.3 Å². The van der Waals surface area contributed by atoms with Gasteiger partial charge in [-0.1, -0.05) is 35.9 Å². The van der Waals surface area contributed by atoms with Crippen LogP contribution in [0.1, 0.15) is 21.5 Å². The number of halogens is 1. The van der Waals surface area contributed by atoms with Crippen molar-refractivity contribution in [2.75, 3.05) is 12.0 Å². The molecule has 9 heteroatoms. The third-order valence-electron chi connectivity index (χ3n) is 5.04. The SMILES string of the molecule is COc1cc(/C=C2\NC(=O)N(c3cccc(Cl)c3)C2=O)ccc1OCc1ccc(C(=O)O)cc1. The number of hydrogen-bond acceptors (Lipinski definition) is 5. The Labute approximate surface area is 200 Å². The number of benzene rings is 3. The molecule has 1 heterocycles. The fraction of sp³-hybridized carbons (Fsp3) is 0.0800. The normalized spacial score (nSPS) is 14.3. The van der Waals surface area contributed by atoms with Gasteiger partial charge < -0.3 is 19.9 Å². The lowest BCUT2D eigenvalue weighted by Gasteiger charge is -2.12. The van der Waals surface area contributed by atoms with Gasteiger partial charge in [0.05, 0.1) is 18.4 Å². The summed E-state index contributed by atoms with van der Waals surface area (Å²) in [5, 5.41) is 12.0. The Morgan fingerprint density at radius 1 is 1.06 bits per heavy atom. The summed E-state index contributed by atoms with van der Waals surface area (Å²) in [6, 6.07) is 17.3. The van der Waals surface area contributed by atoms with Crippen LogP contribution in [0.25, 0.3) is 6.08 Å². The minimum Gasteiger partial charge on any atom is -0.493 e. The number of carbonyl (C=O) groups excluding carboxylic acids is 2. The molecule has 0 unspecified atom stereocenters. The first-order valence-corrected chi connectivity index (χ1v) is 10.5.